The SMILES string of the molecule is COc1c(CCOS(C)(=O)=O)cccc1CCOS(C)(=O)=O. The fourth-order valence-electron chi connectivity index (χ4n) is 1.90. The van der Waals surface area contributed by atoms with E-state index in [4.69, 9.17) is 13.1 Å². The number of rotatable bonds is 9. The van der Waals surface area contributed by atoms with Crippen LogP contribution in [0.15, 0.2) is 18.2 Å². The monoisotopic (exact) mass is 352 g/mol. The molecule has 0 aromatic heterocycles. The zero-order chi connectivity index (χ0) is 16.8. The molecule has 0 N–H and O–H groups in total. The molecular weight excluding hydrogens is 332 g/mol. The summed E-state index contributed by atoms with van der Waals surface area (Å²) in [6.07, 6.45) is 2.69. The van der Waals surface area contributed by atoms with Gasteiger partial charge in [-0.15, -0.1) is 0 Å². The molecule has 0 spiro atoms. The van der Waals surface area contributed by atoms with Crippen molar-refractivity contribution in [3.05, 3.63) is 29.3 Å². The first-order valence-corrected chi connectivity index (χ1v) is 10.1. The Labute approximate surface area is 131 Å². The number of hydrogen-bond donors (Lipinski definition) is 0. The largest absolute Gasteiger partial charge is 0.496 e. The molecule has 0 fully saturated rings. The van der Waals surface area contributed by atoms with Crippen LogP contribution in [-0.2, 0) is 41.4 Å². The summed E-state index contributed by atoms with van der Waals surface area (Å²) in [7, 11) is -5.47. The van der Waals surface area contributed by atoms with Crippen LogP contribution in [0.3, 0.4) is 0 Å². The van der Waals surface area contributed by atoms with Crippen LogP contribution in [0.1, 0.15) is 11.1 Å². The predicted molar refractivity (Wildman–Crippen MR) is 82.0 cm³/mol. The molecule has 9 heteroatoms. The summed E-state index contributed by atoms with van der Waals surface area (Å²) < 4.78 is 58.6. The van der Waals surface area contributed by atoms with Crippen molar-refractivity contribution < 1.29 is 29.9 Å². The summed E-state index contributed by atoms with van der Waals surface area (Å²) in [6, 6.07) is 5.38. The molecule has 1 aromatic rings. The lowest BCUT2D eigenvalue weighted by atomic mass is 10.0. The molecule has 7 nitrogen and oxygen atoms in total. The fourth-order valence-corrected chi connectivity index (χ4v) is 2.67. The Morgan fingerprint density at radius 2 is 1.27 bits per heavy atom. The molecule has 0 aliphatic rings. The van der Waals surface area contributed by atoms with Gasteiger partial charge in [0.25, 0.3) is 20.2 Å². The first-order chi connectivity index (χ1) is 10.1. The Morgan fingerprint density at radius 1 is 0.864 bits per heavy atom. The third kappa shape index (κ3) is 7.21. The average Bonchev–Trinajstić information content (AvgIpc) is 2.36. The van der Waals surface area contributed by atoms with E-state index in [0.29, 0.717) is 18.6 Å². The Bertz CT molecular complexity index is 637. The van der Waals surface area contributed by atoms with E-state index >= 15 is 0 Å². The molecule has 1 aromatic carbocycles. The molecule has 0 atom stereocenters. The van der Waals surface area contributed by atoms with Gasteiger partial charge in [0.1, 0.15) is 5.75 Å². The van der Waals surface area contributed by atoms with Crippen molar-refractivity contribution >= 4 is 20.2 Å². The second-order valence-corrected chi connectivity index (χ2v) is 7.95. The molecule has 0 saturated carbocycles. The molecule has 0 aliphatic heterocycles. The highest BCUT2D eigenvalue weighted by molar-refractivity contribution is 7.86. The Kier molecular flexibility index (Phi) is 6.79. The van der Waals surface area contributed by atoms with E-state index in [2.05, 4.69) is 0 Å². The molecule has 0 bridgehead atoms. The minimum atomic E-state index is -3.48. The first kappa shape index (κ1) is 18.9. The van der Waals surface area contributed by atoms with Crippen molar-refractivity contribution in [2.45, 2.75) is 12.8 Å². The van der Waals surface area contributed by atoms with E-state index in [1.165, 1.54) is 7.11 Å². The van der Waals surface area contributed by atoms with Gasteiger partial charge in [-0.05, 0) is 11.1 Å². The second-order valence-electron chi connectivity index (χ2n) is 4.66. The molecule has 0 radical (unpaired) electrons. The molecule has 126 valence electrons. The minimum Gasteiger partial charge on any atom is -0.496 e. The van der Waals surface area contributed by atoms with Crippen LogP contribution in [0.5, 0.6) is 5.75 Å². The summed E-state index contributed by atoms with van der Waals surface area (Å²) in [6.45, 7) is 0.0248. The van der Waals surface area contributed by atoms with E-state index in [9.17, 15) is 16.8 Å². The van der Waals surface area contributed by atoms with Gasteiger partial charge < -0.3 is 4.74 Å². The van der Waals surface area contributed by atoms with Crippen LogP contribution in [0.25, 0.3) is 0 Å². The predicted octanol–water partition coefficient (Wildman–Crippen LogP) is 0.733. The van der Waals surface area contributed by atoms with Gasteiger partial charge in [0.15, 0.2) is 0 Å². The van der Waals surface area contributed by atoms with Gasteiger partial charge in [0, 0.05) is 12.8 Å². The van der Waals surface area contributed by atoms with Gasteiger partial charge in [-0.1, -0.05) is 18.2 Å². The standard InChI is InChI=1S/C13H20O7S2/c1-18-13-11(7-9-19-21(2,14)15)5-4-6-12(13)8-10-20-22(3,16)17/h4-6H,7-10H2,1-3H3. The first-order valence-electron chi connectivity index (χ1n) is 6.46. The number of ether oxygens (including phenoxy) is 1. The van der Waals surface area contributed by atoms with Crippen LogP contribution in [-0.4, -0.2) is 49.7 Å². The quantitative estimate of drug-likeness (QED) is 0.605. The zero-order valence-electron chi connectivity index (χ0n) is 12.7. The highest BCUT2D eigenvalue weighted by Crippen LogP contribution is 2.25. The van der Waals surface area contributed by atoms with Gasteiger partial charge >= 0.3 is 0 Å². The maximum Gasteiger partial charge on any atom is 0.264 e. The third-order valence-corrected chi connectivity index (χ3v) is 3.91. The molecule has 0 unspecified atom stereocenters. The molecule has 0 aliphatic carbocycles. The van der Waals surface area contributed by atoms with Crippen LogP contribution in [0, 0.1) is 0 Å². The Balaban J connectivity index is 2.76. The van der Waals surface area contributed by atoms with Crippen molar-refractivity contribution in [3.8, 4) is 5.75 Å². The Morgan fingerprint density at radius 3 is 1.59 bits per heavy atom. The van der Waals surface area contributed by atoms with Gasteiger partial charge in [0.05, 0.1) is 32.8 Å². The summed E-state index contributed by atoms with van der Waals surface area (Å²) in [5.41, 5.74) is 1.56. The van der Waals surface area contributed by atoms with Crippen molar-refractivity contribution in [2.24, 2.45) is 0 Å². The highest BCUT2D eigenvalue weighted by atomic mass is 32.2. The summed E-state index contributed by atoms with van der Waals surface area (Å²) >= 11 is 0. The molecule has 0 heterocycles. The maximum absolute atomic E-state index is 11.0. The summed E-state index contributed by atoms with van der Waals surface area (Å²) in [5.74, 6) is 0.580. The second kappa shape index (κ2) is 7.91. The van der Waals surface area contributed by atoms with Gasteiger partial charge in [0.2, 0.25) is 0 Å². The van der Waals surface area contributed by atoms with Gasteiger partial charge in [-0.2, -0.15) is 16.8 Å². The molecular formula is C13H20O7S2. The topological polar surface area (TPSA) is 96.0 Å². The van der Waals surface area contributed by atoms with Crippen molar-refractivity contribution in [1.29, 1.82) is 0 Å². The van der Waals surface area contributed by atoms with Gasteiger partial charge in [-0.3, -0.25) is 8.37 Å². The van der Waals surface area contributed by atoms with Crippen molar-refractivity contribution in [3.63, 3.8) is 0 Å². The lowest BCUT2D eigenvalue weighted by Crippen LogP contribution is -2.09. The van der Waals surface area contributed by atoms with Gasteiger partial charge in [-0.25, -0.2) is 0 Å². The number of hydrogen-bond acceptors (Lipinski definition) is 7. The van der Waals surface area contributed by atoms with E-state index in [-0.39, 0.29) is 13.2 Å². The molecule has 0 amide bonds. The fraction of sp³-hybridized carbons (Fsp3) is 0.538. The van der Waals surface area contributed by atoms with Crippen LogP contribution in [0.2, 0.25) is 0 Å². The number of para-hydroxylation sites is 1. The number of benzene rings is 1. The highest BCUT2D eigenvalue weighted by Gasteiger charge is 2.11. The minimum absolute atomic E-state index is 0.0124. The summed E-state index contributed by atoms with van der Waals surface area (Å²) in [5, 5.41) is 0. The van der Waals surface area contributed by atoms with E-state index in [1.54, 1.807) is 18.2 Å². The van der Waals surface area contributed by atoms with E-state index < -0.39 is 20.2 Å². The smallest absolute Gasteiger partial charge is 0.264 e. The molecule has 22 heavy (non-hydrogen) atoms. The third-order valence-electron chi connectivity index (χ3n) is 2.72. The molecule has 1 rings (SSSR count). The maximum atomic E-state index is 11.0. The normalized spacial score (nSPS) is 12.3. The summed E-state index contributed by atoms with van der Waals surface area (Å²) in [4.78, 5) is 0. The number of methoxy groups -OCH3 is 1. The lowest BCUT2D eigenvalue weighted by Gasteiger charge is -2.13. The van der Waals surface area contributed by atoms with E-state index in [0.717, 1.165) is 23.6 Å². The lowest BCUT2D eigenvalue weighted by molar-refractivity contribution is 0.318. The average molecular weight is 352 g/mol. The van der Waals surface area contributed by atoms with Crippen LogP contribution >= 0.6 is 0 Å². The molecule has 0 saturated heterocycles. The van der Waals surface area contributed by atoms with E-state index in [1.807, 2.05) is 0 Å². The van der Waals surface area contributed by atoms with Crippen molar-refractivity contribution in [2.75, 3.05) is 32.8 Å². The van der Waals surface area contributed by atoms with Crippen molar-refractivity contribution in [1.82, 2.24) is 0 Å². The van der Waals surface area contributed by atoms with Crippen LogP contribution < -0.4 is 4.74 Å². The zero-order valence-corrected chi connectivity index (χ0v) is 14.4. The van der Waals surface area contributed by atoms with Crippen LogP contribution in [0.4, 0.5) is 0 Å². The Hall–Kier alpha value is -1.16.